The van der Waals surface area contributed by atoms with Gasteiger partial charge in [-0.15, -0.1) is 0 Å². The summed E-state index contributed by atoms with van der Waals surface area (Å²) < 4.78 is 6.17. The lowest BCUT2D eigenvalue weighted by Gasteiger charge is -2.18. The molecule has 0 saturated carbocycles. The molecule has 0 spiro atoms. The van der Waals surface area contributed by atoms with E-state index in [9.17, 15) is 4.79 Å². The smallest absolute Gasteiger partial charge is 0.303 e. The van der Waals surface area contributed by atoms with E-state index in [1.54, 1.807) is 0 Å². The predicted molar refractivity (Wildman–Crippen MR) is 112 cm³/mol. The van der Waals surface area contributed by atoms with E-state index in [0.717, 1.165) is 19.4 Å². The fourth-order valence-electron chi connectivity index (χ4n) is 3.42. The molecule has 0 aromatic carbocycles. The van der Waals surface area contributed by atoms with Crippen molar-refractivity contribution in [3.05, 3.63) is 0 Å². The molecule has 0 rings (SSSR count). The lowest BCUT2D eigenvalue weighted by molar-refractivity contribution is -0.137. The zero-order valence-corrected chi connectivity index (χ0v) is 17.8. The molecule has 0 aliphatic rings. The molecule has 0 amide bonds. The number of carboxylic acid groups (broad SMARTS) is 1. The molecule has 0 bridgehead atoms. The van der Waals surface area contributed by atoms with Gasteiger partial charge in [-0.1, -0.05) is 97.3 Å². The number of hydrogen-bond donors (Lipinski definition) is 1. The van der Waals surface area contributed by atoms with E-state index in [4.69, 9.17) is 9.84 Å². The second kappa shape index (κ2) is 20.7. The Morgan fingerprint density at radius 3 is 1.69 bits per heavy atom. The Balaban J connectivity index is 3.61. The Morgan fingerprint density at radius 2 is 1.15 bits per heavy atom. The van der Waals surface area contributed by atoms with E-state index < -0.39 is 5.97 Å². The molecule has 0 aromatic rings. The van der Waals surface area contributed by atoms with Gasteiger partial charge in [0.2, 0.25) is 0 Å². The zero-order valence-electron chi connectivity index (χ0n) is 17.8. The third kappa shape index (κ3) is 19.8. The molecule has 0 aliphatic carbocycles. The van der Waals surface area contributed by atoms with Crippen LogP contribution in [0.3, 0.4) is 0 Å². The monoisotopic (exact) mass is 370 g/mol. The molecule has 0 radical (unpaired) electrons. The van der Waals surface area contributed by atoms with Gasteiger partial charge >= 0.3 is 5.97 Å². The van der Waals surface area contributed by atoms with Crippen LogP contribution in [-0.2, 0) is 9.53 Å². The van der Waals surface area contributed by atoms with Crippen LogP contribution in [0.2, 0.25) is 0 Å². The molecule has 0 aromatic heterocycles. The first-order valence-electron chi connectivity index (χ1n) is 11.5. The first-order chi connectivity index (χ1) is 12.7. The van der Waals surface area contributed by atoms with E-state index in [1.807, 2.05) is 0 Å². The Kier molecular flexibility index (Phi) is 20.3. The van der Waals surface area contributed by atoms with E-state index in [1.165, 1.54) is 96.3 Å². The summed E-state index contributed by atoms with van der Waals surface area (Å²) in [6, 6.07) is 0. The van der Waals surface area contributed by atoms with Crippen molar-refractivity contribution in [1.29, 1.82) is 0 Å². The normalized spacial score (nSPS) is 12.4. The van der Waals surface area contributed by atoms with Gasteiger partial charge in [-0.25, -0.2) is 0 Å². The number of unbranched alkanes of at least 4 members (excludes halogenated alkanes) is 12. The number of hydrogen-bond acceptors (Lipinski definition) is 2. The maximum absolute atomic E-state index is 10.4. The minimum Gasteiger partial charge on any atom is -0.481 e. The van der Waals surface area contributed by atoms with Gasteiger partial charge in [-0.2, -0.15) is 0 Å². The Hall–Kier alpha value is -0.570. The van der Waals surface area contributed by atoms with Gasteiger partial charge < -0.3 is 9.84 Å². The average Bonchev–Trinajstić information content (AvgIpc) is 2.62. The number of rotatable bonds is 21. The summed E-state index contributed by atoms with van der Waals surface area (Å²) >= 11 is 0. The lowest BCUT2D eigenvalue weighted by atomic mass is 10.0. The third-order valence-electron chi connectivity index (χ3n) is 5.15. The van der Waals surface area contributed by atoms with Crippen LogP contribution in [0.25, 0.3) is 0 Å². The molecule has 26 heavy (non-hydrogen) atoms. The molecule has 156 valence electrons. The van der Waals surface area contributed by atoms with E-state index >= 15 is 0 Å². The van der Waals surface area contributed by atoms with E-state index in [0.29, 0.717) is 12.5 Å². The molecular formula is C23H46O3. The van der Waals surface area contributed by atoms with Crippen molar-refractivity contribution in [2.24, 2.45) is 0 Å². The summed E-state index contributed by atoms with van der Waals surface area (Å²) in [5, 5.41) is 8.61. The molecule has 1 N–H and O–H groups in total. The Bertz CT molecular complexity index is 279. The van der Waals surface area contributed by atoms with Gasteiger partial charge in [-0.05, 0) is 25.7 Å². The SMILES string of the molecule is CCCCCCC(CCCCCCCCCCC(=O)O)OCCCCC. The van der Waals surface area contributed by atoms with Gasteiger partial charge in [-0.3, -0.25) is 4.79 Å². The summed E-state index contributed by atoms with van der Waals surface area (Å²) in [5.41, 5.74) is 0. The summed E-state index contributed by atoms with van der Waals surface area (Å²) in [6.07, 6.45) is 22.0. The van der Waals surface area contributed by atoms with E-state index in [2.05, 4.69) is 13.8 Å². The molecule has 1 atom stereocenters. The van der Waals surface area contributed by atoms with Crippen LogP contribution in [0.15, 0.2) is 0 Å². The number of ether oxygens (including phenoxy) is 1. The first-order valence-corrected chi connectivity index (χ1v) is 11.5. The van der Waals surface area contributed by atoms with Crippen molar-refractivity contribution in [2.75, 3.05) is 6.61 Å². The van der Waals surface area contributed by atoms with Crippen LogP contribution in [0, 0.1) is 0 Å². The summed E-state index contributed by atoms with van der Waals surface area (Å²) in [7, 11) is 0. The first kappa shape index (κ1) is 25.4. The average molecular weight is 371 g/mol. The standard InChI is InChI=1S/C23H46O3/c1-3-5-7-14-18-22(26-21-17-6-4-2)19-15-12-10-8-9-11-13-16-20-23(24)25/h22H,3-21H2,1-2H3,(H,24,25). The Morgan fingerprint density at radius 1 is 0.692 bits per heavy atom. The highest BCUT2D eigenvalue weighted by Gasteiger charge is 2.08. The van der Waals surface area contributed by atoms with Crippen LogP contribution >= 0.6 is 0 Å². The zero-order chi connectivity index (χ0) is 19.3. The quantitative estimate of drug-likeness (QED) is 0.212. The van der Waals surface area contributed by atoms with Crippen molar-refractivity contribution in [3.63, 3.8) is 0 Å². The van der Waals surface area contributed by atoms with Crippen molar-refractivity contribution in [1.82, 2.24) is 0 Å². The summed E-state index contributed by atoms with van der Waals surface area (Å²) in [5.74, 6) is -0.661. The van der Waals surface area contributed by atoms with Gasteiger partial charge in [0.05, 0.1) is 6.10 Å². The van der Waals surface area contributed by atoms with Crippen LogP contribution in [0.4, 0.5) is 0 Å². The topological polar surface area (TPSA) is 46.5 Å². The van der Waals surface area contributed by atoms with Gasteiger partial charge in [0, 0.05) is 13.0 Å². The third-order valence-corrected chi connectivity index (χ3v) is 5.15. The van der Waals surface area contributed by atoms with Gasteiger partial charge in [0.25, 0.3) is 0 Å². The second-order valence-corrected chi connectivity index (χ2v) is 7.81. The number of carbonyl (C=O) groups is 1. The molecule has 0 saturated heterocycles. The fourth-order valence-corrected chi connectivity index (χ4v) is 3.42. The van der Waals surface area contributed by atoms with E-state index in [-0.39, 0.29) is 0 Å². The Labute approximate surface area is 163 Å². The van der Waals surface area contributed by atoms with Crippen LogP contribution in [-0.4, -0.2) is 23.8 Å². The van der Waals surface area contributed by atoms with Crippen molar-refractivity contribution in [2.45, 2.75) is 136 Å². The maximum atomic E-state index is 10.4. The highest BCUT2D eigenvalue weighted by atomic mass is 16.5. The van der Waals surface area contributed by atoms with Crippen molar-refractivity contribution in [3.8, 4) is 0 Å². The maximum Gasteiger partial charge on any atom is 0.303 e. The molecular weight excluding hydrogens is 324 g/mol. The van der Waals surface area contributed by atoms with Crippen molar-refractivity contribution < 1.29 is 14.6 Å². The van der Waals surface area contributed by atoms with Crippen LogP contribution < -0.4 is 0 Å². The summed E-state index contributed by atoms with van der Waals surface area (Å²) in [4.78, 5) is 10.4. The minimum absolute atomic E-state index is 0.331. The molecule has 3 nitrogen and oxygen atoms in total. The molecule has 3 heteroatoms. The second-order valence-electron chi connectivity index (χ2n) is 7.81. The number of aliphatic carboxylic acids is 1. The highest BCUT2D eigenvalue weighted by molar-refractivity contribution is 5.66. The fraction of sp³-hybridized carbons (Fsp3) is 0.957. The van der Waals surface area contributed by atoms with Gasteiger partial charge in [0.1, 0.15) is 0 Å². The van der Waals surface area contributed by atoms with Crippen molar-refractivity contribution >= 4 is 5.97 Å². The molecule has 0 fully saturated rings. The van der Waals surface area contributed by atoms with Crippen LogP contribution in [0.5, 0.6) is 0 Å². The lowest BCUT2D eigenvalue weighted by Crippen LogP contribution is -2.14. The largest absolute Gasteiger partial charge is 0.481 e. The highest BCUT2D eigenvalue weighted by Crippen LogP contribution is 2.17. The number of carboxylic acids is 1. The molecule has 1 unspecified atom stereocenters. The molecule has 0 heterocycles. The summed E-state index contributed by atoms with van der Waals surface area (Å²) in [6.45, 7) is 5.46. The van der Waals surface area contributed by atoms with Gasteiger partial charge in [0.15, 0.2) is 0 Å². The molecule has 0 aliphatic heterocycles. The minimum atomic E-state index is -0.661. The predicted octanol–water partition coefficient (Wildman–Crippen LogP) is 7.52. The van der Waals surface area contributed by atoms with Crippen LogP contribution in [0.1, 0.15) is 129 Å².